The Morgan fingerprint density at radius 2 is 1.62 bits per heavy atom. The zero-order chi connectivity index (χ0) is 18.5. The van der Waals surface area contributed by atoms with Crippen molar-refractivity contribution in [1.82, 2.24) is 9.13 Å². The van der Waals surface area contributed by atoms with Gasteiger partial charge in [0.05, 0.1) is 13.2 Å². The number of hydrogen-bond donors (Lipinski definition) is 0. The van der Waals surface area contributed by atoms with Crippen LogP contribution in [0.2, 0.25) is 5.15 Å². The molecule has 0 aliphatic carbocycles. The molecule has 0 bridgehead atoms. The van der Waals surface area contributed by atoms with Crippen LogP contribution in [0.4, 0.5) is 4.39 Å². The van der Waals surface area contributed by atoms with E-state index in [-0.39, 0.29) is 24.2 Å². The Bertz CT molecular complexity index is 998. The molecule has 3 aromatic rings. The van der Waals surface area contributed by atoms with Crippen molar-refractivity contribution in [1.29, 1.82) is 0 Å². The van der Waals surface area contributed by atoms with Crippen LogP contribution < -0.4 is 11.2 Å². The molecule has 0 amide bonds. The zero-order valence-corrected chi connectivity index (χ0v) is 14.5. The number of nitrogens with zero attached hydrogens (tertiary/aromatic N) is 2. The summed E-state index contributed by atoms with van der Waals surface area (Å²) in [4.78, 5) is 24.7. The summed E-state index contributed by atoms with van der Waals surface area (Å²) in [7, 11) is 0. The van der Waals surface area contributed by atoms with E-state index < -0.39 is 11.2 Å². The fourth-order valence-corrected chi connectivity index (χ4v) is 2.67. The Morgan fingerprint density at radius 1 is 0.923 bits per heavy atom. The molecule has 0 fully saturated rings. The molecule has 0 N–H and O–H groups in total. The predicted octanol–water partition coefficient (Wildman–Crippen LogP) is 3.03. The summed E-state index contributed by atoms with van der Waals surface area (Å²) >= 11 is 6.03. The van der Waals surface area contributed by atoms with Crippen molar-refractivity contribution in [2.24, 2.45) is 0 Å². The molecule has 0 spiro atoms. The maximum Gasteiger partial charge on any atom is 0.334 e. The van der Waals surface area contributed by atoms with Gasteiger partial charge in [-0.2, -0.15) is 0 Å². The second kappa shape index (κ2) is 8.12. The van der Waals surface area contributed by atoms with Crippen molar-refractivity contribution < 1.29 is 9.13 Å². The van der Waals surface area contributed by atoms with Gasteiger partial charge < -0.3 is 4.74 Å². The average Bonchev–Trinajstić information content (AvgIpc) is 2.64. The second-order valence-electron chi connectivity index (χ2n) is 5.69. The summed E-state index contributed by atoms with van der Waals surface area (Å²) in [5, 5.41) is 0.00316. The van der Waals surface area contributed by atoms with Gasteiger partial charge in [-0.05, 0) is 23.3 Å². The Labute approximate surface area is 153 Å². The van der Waals surface area contributed by atoms with Gasteiger partial charge in [-0.3, -0.25) is 13.9 Å². The molecule has 0 aliphatic rings. The molecule has 3 rings (SSSR count). The maximum atomic E-state index is 13.0. The standard InChI is InChI=1S/C19H16ClFN2O3/c20-17-10-18(24)22(11-14-6-8-16(21)9-7-14)19(25)23(17)13-26-12-15-4-2-1-3-5-15/h1-10H,11-13H2. The fraction of sp³-hybridized carbons (Fsp3) is 0.158. The molecular formula is C19H16ClFN2O3. The van der Waals surface area contributed by atoms with Gasteiger partial charge in [-0.1, -0.05) is 54.1 Å². The molecule has 134 valence electrons. The van der Waals surface area contributed by atoms with Crippen molar-refractivity contribution in [3.05, 3.63) is 104 Å². The molecular weight excluding hydrogens is 359 g/mol. The lowest BCUT2D eigenvalue weighted by Gasteiger charge is -2.12. The van der Waals surface area contributed by atoms with Gasteiger partial charge in [-0.15, -0.1) is 0 Å². The number of hydrogen-bond acceptors (Lipinski definition) is 3. The Hall–Kier alpha value is -2.70. The van der Waals surface area contributed by atoms with E-state index in [4.69, 9.17) is 16.3 Å². The minimum absolute atomic E-state index is 0.00316. The third-order valence-corrected chi connectivity index (χ3v) is 4.13. The third kappa shape index (κ3) is 4.28. The van der Waals surface area contributed by atoms with E-state index in [0.29, 0.717) is 12.2 Å². The molecule has 2 aromatic carbocycles. The van der Waals surface area contributed by atoms with E-state index >= 15 is 0 Å². The van der Waals surface area contributed by atoms with E-state index in [0.717, 1.165) is 10.1 Å². The molecule has 5 nitrogen and oxygen atoms in total. The lowest BCUT2D eigenvalue weighted by molar-refractivity contribution is 0.0600. The van der Waals surface area contributed by atoms with E-state index in [9.17, 15) is 14.0 Å². The van der Waals surface area contributed by atoms with Crippen LogP contribution in [0.3, 0.4) is 0 Å². The highest BCUT2D eigenvalue weighted by Gasteiger charge is 2.11. The molecule has 0 unspecified atom stereocenters. The van der Waals surface area contributed by atoms with Crippen molar-refractivity contribution >= 4 is 11.6 Å². The maximum absolute atomic E-state index is 13.0. The van der Waals surface area contributed by atoms with Gasteiger partial charge in [0.15, 0.2) is 0 Å². The molecule has 1 aromatic heterocycles. The van der Waals surface area contributed by atoms with Crippen molar-refractivity contribution in [3.63, 3.8) is 0 Å². The van der Waals surface area contributed by atoms with Crippen LogP contribution in [-0.4, -0.2) is 9.13 Å². The summed E-state index contributed by atoms with van der Waals surface area (Å²) in [6.45, 7) is 0.241. The average molecular weight is 375 g/mol. The molecule has 7 heteroatoms. The van der Waals surface area contributed by atoms with Crippen LogP contribution in [0.1, 0.15) is 11.1 Å². The van der Waals surface area contributed by atoms with Crippen LogP contribution in [0.25, 0.3) is 0 Å². The monoisotopic (exact) mass is 374 g/mol. The first-order chi connectivity index (χ1) is 12.5. The van der Waals surface area contributed by atoms with Gasteiger partial charge in [0.25, 0.3) is 5.56 Å². The lowest BCUT2D eigenvalue weighted by Crippen LogP contribution is -2.40. The van der Waals surface area contributed by atoms with Gasteiger partial charge >= 0.3 is 5.69 Å². The summed E-state index contributed by atoms with van der Waals surface area (Å²) in [5.41, 5.74) is 0.476. The van der Waals surface area contributed by atoms with Gasteiger partial charge in [0.1, 0.15) is 17.7 Å². The largest absolute Gasteiger partial charge is 0.356 e. The summed E-state index contributed by atoms with van der Waals surface area (Å²) in [6.07, 6.45) is 0. The minimum atomic E-state index is -0.583. The quantitative estimate of drug-likeness (QED) is 0.623. The normalized spacial score (nSPS) is 10.8. The highest BCUT2D eigenvalue weighted by atomic mass is 35.5. The minimum Gasteiger partial charge on any atom is -0.356 e. The van der Waals surface area contributed by atoms with Crippen LogP contribution in [0.5, 0.6) is 0 Å². The molecule has 0 radical (unpaired) electrons. The first-order valence-electron chi connectivity index (χ1n) is 7.91. The third-order valence-electron chi connectivity index (χ3n) is 3.81. The molecule has 0 aliphatic heterocycles. The highest BCUT2D eigenvalue weighted by Crippen LogP contribution is 2.07. The Kier molecular flexibility index (Phi) is 5.65. The molecule has 26 heavy (non-hydrogen) atoms. The Balaban J connectivity index is 1.80. The molecule has 1 heterocycles. The summed E-state index contributed by atoms with van der Waals surface area (Å²) < 4.78 is 20.8. The van der Waals surface area contributed by atoms with Crippen LogP contribution in [0, 0.1) is 5.82 Å². The van der Waals surface area contributed by atoms with Gasteiger partial charge in [0, 0.05) is 6.07 Å². The number of halogens is 2. The van der Waals surface area contributed by atoms with E-state index in [1.54, 1.807) is 0 Å². The van der Waals surface area contributed by atoms with Crippen molar-refractivity contribution in [2.75, 3.05) is 0 Å². The fourth-order valence-electron chi connectivity index (χ4n) is 2.45. The highest BCUT2D eigenvalue weighted by molar-refractivity contribution is 6.29. The van der Waals surface area contributed by atoms with Crippen LogP contribution >= 0.6 is 11.6 Å². The number of aromatic nitrogens is 2. The van der Waals surface area contributed by atoms with E-state index in [1.165, 1.54) is 34.9 Å². The topological polar surface area (TPSA) is 53.2 Å². The number of ether oxygens (including phenoxy) is 1. The van der Waals surface area contributed by atoms with E-state index in [1.807, 2.05) is 30.3 Å². The van der Waals surface area contributed by atoms with E-state index in [2.05, 4.69) is 0 Å². The molecule has 0 saturated heterocycles. The molecule has 0 atom stereocenters. The molecule has 0 saturated carbocycles. The predicted molar refractivity (Wildman–Crippen MR) is 96.7 cm³/mol. The van der Waals surface area contributed by atoms with Crippen LogP contribution in [-0.2, 0) is 24.6 Å². The number of benzene rings is 2. The zero-order valence-electron chi connectivity index (χ0n) is 13.8. The summed E-state index contributed by atoms with van der Waals surface area (Å²) in [5.74, 6) is -0.385. The number of rotatable bonds is 6. The SMILES string of the molecule is O=c1cc(Cl)n(COCc2ccccc2)c(=O)n1Cc1ccc(F)cc1. The second-order valence-corrected chi connectivity index (χ2v) is 6.08. The van der Waals surface area contributed by atoms with Gasteiger partial charge in [-0.25, -0.2) is 9.18 Å². The lowest BCUT2D eigenvalue weighted by atomic mass is 10.2. The van der Waals surface area contributed by atoms with Crippen LogP contribution in [0.15, 0.2) is 70.3 Å². The first kappa shape index (κ1) is 18.1. The smallest absolute Gasteiger partial charge is 0.334 e. The Morgan fingerprint density at radius 3 is 2.31 bits per heavy atom. The first-order valence-corrected chi connectivity index (χ1v) is 8.28. The van der Waals surface area contributed by atoms with Crippen molar-refractivity contribution in [3.8, 4) is 0 Å². The van der Waals surface area contributed by atoms with Crippen molar-refractivity contribution in [2.45, 2.75) is 19.9 Å². The summed E-state index contributed by atoms with van der Waals surface area (Å²) in [6, 6.07) is 16.2. The van der Waals surface area contributed by atoms with Gasteiger partial charge in [0.2, 0.25) is 0 Å².